The van der Waals surface area contributed by atoms with Crippen LogP contribution in [0.3, 0.4) is 0 Å². The molecular formula is C12H15N3OS. The van der Waals surface area contributed by atoms with E-state index in [0.717, 1.165) is 31.4 Å². The largest absolute Gasteiger partial charge is 0.331 e. The van der Waals surface area contributed by atoms with Crippen molar-refractivity contribution < 1.29 is 4.79 Å². The number of aryl methyl sites for hydroxylation is 1. The van der Waals surface area contributed by atoms with Crippen molar-refractivity contribution in [3.63, 3.8) is 0 Å². The van der Waals surface area contributed by atoms with Crippen molar-refractivity contribution >= 4 is 17.4 Å². The molecule has 1 amide bonds. The van der Waals surface area contributed by atoms with Crippen LogP contribution >= 0.6 is 11.5 Å². The van der Waals surface area contributed by atoms with Crippen molar-refractivity contribution in [2.45, 2.75) is 44.7 Å². The van der Waals surface area contributed by atoms with E-state index < -0.39 is 0 Å². The first-order valence-corrected chi connectivity index (χ1v) is 6.72. The Morgan fingerprint density at radius 3 is 2.59 bits per heavy atom. The Labute approximate surface area is 104 Å². The van der Waals surface area contributed by atoms with E-state index >= 15 is 0 Å². The number of piperidine rings is 1. The lowest BCUT2D eigenvalue weighted by Gasteiger charge is -2.35. The van der Waals surface area contributed by atoms with E-state index in [9.17, 15) is 4.79 Å². The van der Waals surface area contributed by atoms with Crippen LogP contribution in [0.2, 0.25) is 0 Å². The van der Waals surface area contributed by atoms with Crippen LogP contribution in [0.4, 0.5) is 0 Å². The molecule has 3 rings (SSSR count). The Bertz CT molecular complexity index is 466. The predicted molar refractivity (Wildman–Crippen MR) is 66.0 cm³/mol. The zero-order valence-corrected chi connectivity index (χ0v) is 10.7. The second kappa shape index (κ2) is 3.91. The number of aromatic nitrogens is 2. The lowest BCUT2D eigenvalue weighted by atomic mass is 9.98. The highest BCUT2D eigenvalue weighted by molar-refractivity contribution is 7.07. The van der Waals surface area contributed by atoms with Crippen molar-refractivity contribution in [3.05, 3.63) is 22.7 Å². The van der Waals surface area contributed by atoms with E-state index in [0.29, 0.717) is 17.0 Å². The molecule has 0 spiro atoms. The number of amides is 1. The van der Waals surface area contributed by atoms with Gasteiger partial charge in [-0.15, -0.1) is 5.10 Å². The van der Waals surface area contributed by atoms with E-state index in [2.05, 4.69) is 21.1 Å². The van der Waals surface area contributed by atoms with Crippen LogP contribution in [0.1, 0.15) is 41.0 Å². The molecule has 2 fully saturated rings. The molecule has 2 aliphatic rings. The number of hydrogen-bond donors (Lipinski definition) is 0. The molecule has 2 aliphatic heterocycles. The summed E-state index contributed by atoms with van der Waals surface area (Å²) < 4.78 is 3.85. The van der Waals surface area contributed by atoms with E-state index in [1.54, 1.807) is 0 Å². The molecule has 0 N–H and O–H groups in total. The van der Waals surface area contributed by atoms with Crippen LogP contribution in [0.15, 0.2) is 12.2 Å². The Morgan fingerprint density at radius 1 is 1.41 bits per heavy atom. The van der Waals surface area contributed by atoms with Gasteiger partial charge in [-0.2, -0.15) is 0 Å². The van der Waals surface area contributed by atoms with Gasteiger partial charge in [0.15, 0.2) is 0 Å². The van der Waals surface area contributed by atoms with Crippen LogP contribution in [0.25, 0.3) is 0 Å². The minimum Gasteiger partial charge on any atom is -0.331 e. The van der Waals surface area contributed by atoms with Gasteiger partial charge in [0.25, 0.3) is 5.91 Å². The van der Waals surface area contributed by atoms with Crippen molar-refractivity contribution in [3.8, 4) is 0 Å². The van der Waals surface area contributed by atoms with Crippen molar-refractivity contribution in [2.75, 3.05) is 0 Å². The second-order valence-corrected chi connectivity index (χ2v) is 5.70. The van der Waals surface area contributed by atoms with E-state index in [-0.39, 0.29) is 5.91 Å². The number of carbonyl (C=O) groups excluding carboxylic acids is 1. The van der Waals surface area contributed by atoms with Gasteiger partial charge in [-0.3, -0.25) is 4.79 Å². The molecule has 2 atom stereocenters. The zero-order chi connectivity index (χ0) is 12.0. The second-order valence-electron chi connectivity index (χ2n) is 4.94. The fourth-order valence-corrected chi connectivity index (χ4v) is 3.59. The number of hydrogen-bond acceptors (Lipinski definition) is 4. The number of nitrogens with zero attached hydrogens (tertiary/aromatic N) is 3. The first kappa shape index (κ1) is 10.9. The molecule has 2 saturated heterocycles. The summed E-state index contributed by atoms with van der Waals surface area (Å²) in [4.78, 5) is 15.2. The highest BCUT2D eigenvalue weighted by atomic mass is 32.1. The lowest BCUT2D eigenvalue weighted by Crippen LogP contribution is -2.44. The molecule has 90 valence electrons. The van der Waals surface area contributed by atoms with Crippen LogP contribution in [0, 0.1) is 6.92 Å². The molecule has 1 aromatic heterocycles. The normalized spacial score (nSPS) is 27.6. The Hall–Kier alpha value is -1.23. The fourth-order valence-electron chi connectivity index (χ4n) is 2.99. The number of fused-ring (bicyclic) bond motifs is 2. The van der Waals surface area contributed by atoms with Gasteiger partial charge in [0.05, 0.1) is 5.69 Å². The number of rotatable bonds is 1. The highest BCUT2D eigenvalue weighted by Gasteiger charge is 2.41. The predicted octanol–water partition coefficient (Wildman–Crippen LogP) is 2.17. The van der Waals surface area contributed by atoms with Crippen LogP contribution < -0.4 is 0 Å². The van der Waals surface area contributed by atoms with Crippen LogP contribution in [-0.2, 0) is 0 Å². The SMILES string of the molecule is C=C1CC2CCC(C1)N2C(=O)c1snnc1C. The van der Waals surface area contributed by atoms with Crippen molar-refractivity contribution in [1.82, 2.24) is 14.5 Å². The molecule has 0 aromatic carbocycles. The third-order valence-electron chi connectivity index (χ3n) is 3.75. The van der Waals surface area contributed by atoms with E-state index in [1.165, 1.54) is 17.1 Å². The standard InChI is InChI=1S/C12H15N3OS/c1-7-5-9-3-4-10(6-7)15(9)12(16)11-8(2)13-14-17-11/h9-10H,1,3-6H2,2H3. The zero-order valence-electron chi connectivity index (χ0n) is 9.85. The lowest BCUT2D eigenvalue weighted by molar-refractivity contribution is 0.0639. The summed E-state index contributed by atoms with van der Waals surface area (Å²) in [6, 6.07) is 0.713. The third-order valence-corrected chi connectivity index (χ3v) is 4.56. The molecule has 0 aliphatic carbocycles. The van der Waals surface area contributed by atoms with Crippen molar-refractivity contribution in [1.29, 1.82) is 0 Å². The monoisotopic (exact) mass is 249 g/mol. The smallest absolute Gasteiger partial charge is 0.268 e. The minimum atomic E-state index is 0.123. The van der Waals surface area contributed by atoms with Gasteiger partial charge < -0.3 is 4.90 Å². The Balaban J connectivity index is 1.89. The average Bonchev–Trinajstić information content (AvgIpc) is 2.81. The summed E-state index contributed by atoms with van der Waals surface area (Å²) in [5.74, 6) is 0.123. The maximum absolute atomic E-state index is 12.5. The third kappa shape index (κ3) is 1.69. The maximum Gasteiger partial charge on any atom is 0.268 e. The molecule has 17 heavy (non-hydrogen) atoms. The Kier molecular flexibility index (Phi) is 2.50. The molecule has 3 heterocycles. The summed E-state index contributed by atoms with van der Waals surface area (Å²) in [6.45, 7) is 5.92. The minimum absolute atomic E-state index is 0.123. The van der Waals surface area contributed by atoms with Gasteiger partial charge in [0.1, 0.15) is 4.88 Å². The van der Waals surface area contributed by atoms with Gasteiger partial charge in [0.2, 0.25) is 0 Å². The highest BCUT2D eigenvalue weighted by Crippen LogP contribution is 2.38. The Morgan fingerprint density at radius 2 is 2.06 bits per heavy atom. The molecule has 0 saturated carbocycles. The maximum atomic E-state index is 12.5. The van der Waals surface area contributed by atoms with Crippen LogP contribution in [-0.4, -0.2) is 32.5 Å². The molecule has 1 aromatic rings. The quantitative estimate of drug-likeness (QED) is 0.717. The van der Waals surface area contributed by atoms with Gasteiger partial charge in [-0.05, 0) is 44.1 Å². The van der Waals surface area contributed by atoms with E-state index in [4.69, 9.17) is 0 Å². The van der Waals surface area contributed by atoms with Crippen LogP contribution in [0.5, 0.6) is 0 Å². The van der Waals surface area contributed by atoms with Gasteiger partial charge in [-0.25, -0.2) is 0 Å². The molecule has 5 heteroatoms. The molecule has 0 radical (unpaired) electrons. The molecule has 2 unspecified atom stereocenters. The first-order chi connectivity index (χ1) is 8.16. The average molecular weight is 249 g/mol. The van der Waals surface area contributed by atoms with Gasteiger partial charge in [-0.1, -0.05) is 16.6 Å². The first-order valence-electron chi connectivity index (χ1n) is 5.95. The number of carbonyl (C=O) groups is 1. The fraction of sp³-hybridized carbons (Fsp3) is 0.583. The summed E-state index contributed by atoms with van der Waals surface area (Å²) >= 11 is 1.21. The van der Waals surface area contributed by atoms with Gasteiger partial charge >= 0.3 is 0 Å². The molecule has 4 nitrogen and oxygen atoms in total. The van der Waals surface area contributed by atoms with Crippen molar-refractivity contribution in [2.24, 2.45) is 0 Å². The summed E-state index contributed by atoms with van der Waals surface area (Å²) in [5, 5.41) is 3.92. The molecular weight excluding hydrogens is 234 g/mol. The van der Waals surface area contributed by atoms with Gasteiger partial charge in [0, 0.05) is 12.1 Å². The summed E-state index contributed by atoms with van der Waals surface area (Å²) in [6.07, 6.45) is 4.16. The molecule has 2 bridgehead atoms. The van der Waals surface area contributed by atoms with E-state index in [1.807, 2.05) is 6.92 Å². The topological polar surface area (TPSA) is 46.1 Å². The summed E-state index contributed by atoms with van der Waals surface area (Å²) in [5.41, 5.74) is 2.05. The summed E-state index contributed by atoms with van der Waals surface area (Å²) in [7, 11) is 0.